The average molecular weight is 484 g/mol. The first-order valence-corrected chi connectivity index (χ1v) is 11.8. The third-order valence-electron chi connectivity index (χ3n) is 6.71. The Balaban J connectivity index is 1.30. The summed E-state index contributed by atoms with van der Waals surface area (Å²) >= 11 is 6.06. The summed E-state index contributed by atoms with van der Waals surface area (Å²) < 4.78 is 10.6. The van der Waals surface area contributed by atoms with Crippen LogP contribution in [0.25, 0.3) is 10.9 Å². The van der Waals surface area contributed by atoms with Crippen LogP contribution in [0, 0.1) is 11.8 Å². The van der Waals surface area contributed by atoms with Gasteiger partial charge in [-0.05, 0) is 55.2 Å². The molecule has 4 rings (SSSR count). The van der Waals surface area contributed by atoms with Crippen LogP contribution < -0.4 is 14.8 Å². The number of carbonyl (C=O) groups excluding carboxylic acids is 2. The summed E-state index contributed by atoms with van der Waals surface area (Å²) in [7, 11) is 3.20. The zero-order valence-electron chi connectivity index (χ0n) is 19.7. The van der Waals surface area contributed by atoms with Crippen molar-refractivity contribution < 1.29 is 19.1 Å². The van der Waals surface area contributed by atoms with E-state index in [9.17, 15) is 9.59 Å². The first-order valence-electron chi connectivity index (χ1n) is 11.5. The Labute approximate surface area is 204 Å². The van der Waals surface area contributed by atoms with Gasteiger partial charge in [0.15, 0.2) is 0 Å². The maximum absolute atomic E-state index is 13.0. The minimum Gasteiger partial charge on any atom is -0.497 e. The number of benzene rings is 2. The molecule has 1 aliphatic heterocycles. The summed E-state index contributed by atoms with van der Waals surface area (Å²) in [5.74, 6) is 1.46. The molecule has 2 heterocycles. The lowest BCUT2D eigenvalue weighted by molar-refractivity contribution is -0.126. The molecular weight excluding hydrogens is 454 g/mol. The molecule has 8 heteroatoms. The van der Waals surface area contributed by atoms with Crippen molar-refractivity contribution in [3.8, 4) is 11.5 Å². The van der Waals surface area contributed by atoms with Crippen LogP contribution in [0.15, 0.2) is 42.5 Å². The Morgan fingerprint density at radius 3 is 2.59 bits per heavy atom. The van der Waals surface area contributed by atoms with Crippen molar-refractivity contribution in [2.45, 2.75) is 26.3 Å². The molecule has 2 aromatic carbocycles. The van der Waals surface area contributed by atoms with Gasteiger partial charge in [-0.2, -0.15) is 0 Å². The second kappa shape index (κ2) is 10.4. The Bertz CT molecular complexity index is 1180. The van der Waals surface area contributed by atoms with Gasteiger partial charge in [-0.15, -0.1) is 0 Å². The van der Waals surface area contributed by atoms with Crippen LogP contribution in [-0.2, 0) is 11.3 Å². The van der Waals surface area contributed by atoms with Crippen molar-refractivity contribution in [1.82, 2.24) is 15.2 Å². The lowest BCUT2D eigenvalue weighted by atomic mass is 9.84. The minimum absolute atomic E-state index is 0.00939. The summed E-state index contributed by atoms with van der Waals surface area (Å²) in [6.07, 6.45) is 1.58. The molecule has 3 aromatic rings. The van der Waals surface area contributed by atoms with Gasteiger partial charge >= 0.3 is 0 Å². The number of halogens is 1. The van der Waals surface area contributed by atoms with Gasteiger partial charge in [0.25, 0.3) is 5.91 Å². The fourth-order valence-corrected chi connectivity index (χ4v) is 4.73. The van der Waals surface area contributed by atoms with Gasteiger partial charge in [-0.1, -0.05) is 18.5 Å². The predicted octanol–water partition coefficient (Wildman–Crippen LogP) is 4.64. The summed E-state index contributed by atoms with van der Waals surface area (Å²) in [5.41, 5.74) is 2.35. The highest BCUT2D eigenvalue weighted by Gasteiger charge is 2.30. The first kappa shape index (κ1) is 24.0. The van der Waals surface area contributed by atoms with E-state index in [2.05, 4.69) is 10.3 Å². The number of hydrogen-bond donors (Lipinski definition) is 2. The van der Waals surface area contributed by atoms with Crippen LogP contribution in [0.4, 0.5) is 0 Å². The van der Waals surface area contributed by atoms with E-state index in [0.717, 1.165) is 29.3 Å². The molecule has 7 nitrogen and oxygen atoms in total. The number of hydrogen-bond acceptors (Lipinski definition) is 4. The van der Waals surface area contributed by atoms with E-state index in [-0.39, 0.29) is 23.7 Å². The zero-order chi connectivity index (χ0) is 24.2. The standard InChI is InChI=1S/C26H30ClN3O4/c1-16(25(31)28-15-18-4-6-21(33-2)14-24(18)34-3)17-8-10-30(11-9-17)26(32)23-13-19-12-20(27)5-7-22(19)29-23/h4-7,12-14,16-17,29H,8-11,15H2,1-3H3,(H,28,31)/t16-/m0/s1. The van der Waals surface area contributed by atoms with Crippen LogP contribution in [0.2, 0.25) is 5.02 Å². The lowest BCUT2D eigenvalue weighted by Crippen LogP contribution is -2.42. The Kier molecular flexibility index (Phi) is 7.32. The van der Waals surface area contributed by atoms with Gasteiger partial charge in [0.1, 0.15) is 17.2 Å². The number of methoxy groups -OCH3 is 2. The van der Waals surface area contributed by atoms with E-state index in [4.69, 9.17) is 21.1 Å². The fraction of sp³-hybridized carbons (Fsp3) is 0.385. The third-order valence-corrected chi connectivity index (χ3v) is 6.94. The van der Waals surface area contributed by atoms with Gasteiger partial charge in [-0.25, -0.2) is 0 Å². The van der Waals surface area contributed by atoms with Gasteiger partial charge in [0.2, 0.25) is 5.91 Å². The number of carbonyl (C=O) groups is 2. The Morgan fingerprint density at radius 2 is 1.88 bits per heavy atom. The molecule has 1 saturated heterocycles. The van der Waals surface area contributed by atoms with E-state index in [1.165, 1.54) is 0 Å². The molecule has 0 aliphatic carbocycles. The highest BCUT2D eigenvalue weighted by molar-refractivity contribution is 6.31. The highest BCUT2D eigenvalue weighted by Crippen LogP contribution is 2.28. The fourth-order valence-electron chi connectivity index (χ4n) is 4.55. The van der Waals surface area contributed by atoms with Gasteiger partial charge in [0.05, 0.1) is 14.2 Å². The number of aromatic nitrogens is 1. The smallest absolute Gasteiger partial charge is 0.270 e. The van der Waals surface area contributed by atoms with E-state index >= 15 is 0 Å². The number of rotatable bonds is 7. The van der Waals surface area contributed by atoms with Crippen molar-refractivity contribution in [2.24, 2.45) is 11.8 Å². The molecule has 0 bridgehead atoms. The number of H-pyrrole nitrogens is 1. The zero-order valence-corrected chi connectivity index (χ0v) is 20.4. The molecule has 2 amide bonds. The van der Waals surface area contributed by atoms with Crippen molar-refractivity contribution in [3.05, 3.63) is 58.7 Å². The molecule has 0 radical (unpaired) electrons. The van der Waals surface area contributed by atoms with Crippen LogP contribution >= 0.6 is 11.6 Å². The second-order valence-electron chi connectivity index (χ2n) is 8.73. The van der Waals surface area contributed by atoms with Gasteiger partial charge in [-0.3, -0.25) is 9.59 Å². The van der Waals surface area contributed by atoms with Gasteiger partial charge < -0.3 is 24.7 Å². The van der Waals surface area contributed by atoms with Crippen LogP contribution in [0.3, 0.4) is 0 Å². The van der Waals surface area contributed by atoms with E-state index in [1.54, 1.807) is 26.4 Å². The Hall–Kier alpha value is -3.19. The van der Waals surface area contributed by atoms with Gasteiger partial charge in [0, 0.05) is 53.1 Å². The van der Waals surface area contributed by atoms with Crippen LogP contribution in [0.1, 0.15) is 35.8 Å². The van der Waals surface area contributed by atoms with Crippen LogP contribution in [0.5, 0.6) is 11.5 Å². The number of aromatic amines is 1. The molecule has 34 heavy (non-hydrogen) atoms. The molecule has 1 aliphatic rings. The third kappa shape index (κ3) is 5.14. The number of fused-ring (bicyclic) bond motifs is 1. The predicted molar refractivity (Wildman–Crippen MR) is 132 cm³/mol. The Morgan fingerprint density at radius 1 is 1.12 bits per heavy atom. The van der Waals surface area contributed by atoms with Crippen molar-refractivity contribution in [2.75, 3.05) is 27.3 Å². The van der Waals surface area contributed by atoms with E-state index in [0.29, 0.717) is 41.8 Å². The topological polar surface area (TPSA) is 83.7 Å². The summed E-state index contributed by atoms with van der Waals surface area (Å²) in [6, 6.07) is 12.9. The molecule has 0 saturated carbocycles. The number of nitrogens with zero attached hydrogens (tertiary/aromatic N) is 1. The molecule has 1 fully saturated rings. The number of amides is 2. The summed E-state index contributed by atoms with van der Waals surface area (Å²) in [5, 5.41) is 4.59. The van der Waals surface area contributed by atoms with E-state index in [1.807, 2.05) is 42.2 Å². The lowest BCUT2D eigenvalue weighted by Gasteiger charge is -2.34. The molecule has 2 N–H and O–H groups in total. The largest absolute Gasteiger partial charge is 0.497 e. The average Bonchev–Trinajstić information content (AvgIpc) is 3.29. The van der Waals surface area contributed by atoms with Crippen molar-refractivity contribution >= 4 is 34.3 Å². The molecule has 1 atom stereocenters. The second-order valence-corrected chi connectivity index (χ2v) is 9.16. The number of ether oxygens (including phenoxy) is 2. The first-order chi connectivity index (χ1) is 16.4. The maximum atomic E-state index is 13.0. The molecule has 0 spiro atoms. The molecule has 0 unspecified atom stereocenters. The molecular formula is C26H30ClN3O4. The number of likely N-dealkylation sites (tertiary alicyclic amines) is 1. The summed E-state index contributed by atoms with van der Waals surface area (Å²) in [4.78, 5) is 30.9. The van der Waals surface area contributed by atoms with Crippen molar-refractivity contribution in [3.63, 3.8) is 0 Å². The SMILES string of the molecule is COc1ccc(CNC(=O)[C@@H](C)C2CCN(C(=O)c3cc4cc(Cl)ccc4[nH]3)CC2)c(OC)c1. The molecule has 180 valence electrons. The monoisotopic (exact) mass is 483 g/mol. The normalized spacial score (nSPS) is 15.2. The van der Waals surface area contributed by atoms with E-state index < -0.39 is 0 Å². The molecule has 1 aromatic heterocycles. The number of piperidine rings is 1. The number of nitrogens with one attached hydrogen (secondary N) is 2. The van der Waals surface area contributed by atoms with Crippen molar-refractivity contribution in [1.29, 1.82) is 0 Å². The summed E-state index contributed by atoms with van der Waals surface area (Å²) in [6.45, 7) is 3.61. The highest BCUT2D eigenvalue weighted by atomic mass is 35.5. The quantitative estimate of drug-likeness (QED) is 0.512. The van der Waals surface area contributed by atoms with Crippen LogP contribution in [-0.4, -0.2) is 49.0 Å². The minimum atomic E-state index is -0.142. The maximum Gasteiger partial charge on any atom is 0.270 e.